The quantitative estimate of drug-likeness (QED) is 0.296. The van der Waals surface area contributed by atoms with Gasteiger partial charge in [-0.2, -0.15) is 0 Å². The summed E-state index contributed by atoms with van der Waals surface area (Å²) in [5, 5.41) is 54.4. The van der Waals surface area contributed by atoms with Crippen LogP contribution in [0.1, 0.15) is 27.6 Å². The zero-order chi connectivity index (χ0) is 18.2. The normalized spacial score (nSPS) is 25.9. The van der Waals surface area contributed by atoms with Crippen LogP contribution >= 0.6 is 0 Å². The van der Waals surface area contributed by atoms with Crippen molar-refractivity contribution in [1.29, 1.82) is 0 Å². The first-order valence-electron chi connectivity index (χ1n) is 6.60. The molecule has 1 aliphatic carbocycles. The van der Waals surface area contributed by atoms with Gasteiger partial charge in [0.1, 0.15) is 0 Å². The molecule has 1 aliphatic heterocycles. The van der Waals surface area contributed by atoms with Gasteiger partial charge < -0.3 is 35.4 Å². The van der Waals surface area contributed by atoms with Gasteiger partial charge in [0.15, 0.2) is 23.2 Å². The van der Waals surface area contributed by atoms with Crippen molar-refractivity contribution in [2.45, 2.75) is 18.6 Å². The molecule has 0 aromatic heterocycles. The second-order valence-corrected chi connectivity index (χ2v) is 5.20. The van der Waals surface area contributed by atoms with Gasteiger partial charge in [-0.25, -0.2) is 9.59 Å². The Hall–Kier alpha value is -3.04. The topological polar surface area (TPSA) is 165 Å². The van der Waals surface area contributed by atoms with E-state index in [1.165, 1.54) is 0 Å². The van der Waals surface area contributed by atoms with Gasteiger partial charge in [0.25, 0.3) is 0 Å². The van der Waals surface area contributed by atoms with Crippen LogP contribution in [0.4, 0.5) is 0 Å². The van der Waals surface area contributed by atoms with E-state index >= 15 is 0 Å². The zero-order valence-electron chi connectivity index (χ0n) is 12.3. The van der Waals surface area contributed by atoms with E-state index < -0.39 is 46.7 Å². The number of rotatable bonds is 0. The number of aliphatic hydroxyl groups excluding tert-OH is 5. The number of ether oxygens (including phenoxy) is 1. The Morgan fingerprint density at radius 2 is 1.42 bits per heavy atom. The van der Waals surface area contributed by atoms with E-state index in [1.807, 2.05) is 0 Å². The smallest absolute Gasteiger partial charge is 0.346 e. The Bertz CT molecular complexity index is 740. The van der Waals surface area contributed by atoms with Crippen molar-refractivity contribution in [3.63, 3.8) is 0 Å². The number of cyclic esters (lactones) is 2. The molecule has 1 aromatic carbocycles. The van der Waals surface area contributed by atoms with Gasteiger partial charge in [0.2, 0.25) is 11.5 Å². The molecular formula is C15H14O9. The van der Waals surface area contributed by atoms with Gasteiger partial charge in [-0.15, -0.1) is 0 Å². The first kappa shape index (κ1) is 17.3. The molecule has 2 aliphatic rings. The van der Waals surface area contributed by atoms with Crippen LogP contribution in [-0.2, 0) is 4.74 Å². The van der Waals surface area contributed by atoms with E-state index in [2.05, 4.69) is 4.74 Å². The summed E-state index contributed by atoms with van der Waals surface area (Å²) in [5.74, 6) is -5.17. The summed E-state index contributed by atoms with van der Waals surface area (Å²) < 4.78 is 4.35. The summed E-state index contributed by atoms with van der Waals surface area (Å²) in [6, 6.07) is 6.53. The number of fused-ring (bicyclic) bond motifs is 1. The first-order valence-corrected chi connectivity index (χ1v) is 6.60. The van der Waals surface area contributed by atoms with Crippen LogP contribution in [0, 0.1) is 0 Å². The summed E-state index contributed by atoms with van der Waals surface area (Å²) in [4.78, 5) is 21.7. The predicted molar refractivity (Wildman–Crippen MR) is 77.4 cm³/mol. The van der Waals surface area contributed by atoms with Gasteiger partial charge in [0.05, 0.1) is 11.1 Å². The zero-order valence-corrected chi connectivity index (χ0v) is 12.3. The van der Waals surface area contributed by atoms with Crippen LogP contribution < -0.4 is 0 Å². The van der Waals surface area contributed by atoms with E-state index in [0.29, 0.717) is 11.1 Å². The number of carbonyl (C=O) groups excluding carboxylic acids is 2. The number of hydrogen-bond donors (Lipinski definition) is 6. The number of benzene rings is 1. The Morgan fingerprint density at radius 3 is 1.88 bits per heavy atom. The maximum absolute atomic E-state index is 10.8. The lowest BCUT2D eigenvalue weighted by molar-refractivity contribution is -0.0696. The minimum absolute atomic E-state index is 0.359. The Balaban J connectivity index is 0.000000175. The van der Waals surface area contributed by atoms with Crippen molar-refractivity contribution < 1.29 is 45.0 Å². The lowest BCUT2D eigenvalue weighted by Crippen LogP contribution is -2.46. The van der Waals surface area contributed by atoms with Crippen molar-refractivity contribution in [3.8, 4) is 0 Å². The molecule has 0 amide bonds. The highest BCUT2D eigenvalue weighted by Gasteiger charge is 2.46. The van der Waals surface area contributed by atoms with Crippen LogP contribution in [0.15, 0.2) is 47.3 Å². The van der Waals surface area contributed by atoms with Crippen molar-refractivity contribution >= 4 is 11.9 Å². The number of esters is 2. The molecule has 2 atom stereocenters. The summed E-state index contributed by atoms with van der Waals surface area (Å²) in [6.45, 7) is 0.978. The number of aliphatic hydroxyl groups is 6. The fourth-order valence-electron chi connectivity index (χ4n) is 2.03. The van der Waals surface area contributed by atoms with Crippen molar-refractivity contribution in [3.05, 3.63) is 58.4 Å². The Labute approximate surface area is 135 Å². The van der Waals surface area contributed by atoms with E-state index in [4.69, 9.17) is 25.5 Å². The molecule has 0 fully saturated rings. The highest BCUT2D eigenvalue weighted by Crippen LogP contribution is 2.32. The summed E-state index contributed by atoms with van der Waals surface area (Å²) in [6.07, 6.45) is -1.87. The van der Waals surface area contributed by atoms with E-state index in [1.54, 1.807) is 24.3 Å². The standard InChI is InChI=1S/C8H4O3.C7H10O6/c9-7-5-3-1-2-4-6(5)8(10)11-7;1-7(13)5(11)3(9)2(8)4(10)6(7)12/h1-4H;5,8-13H,1H3. The van der Waals surface area contributed by atoms with E-state index in [-0.39, 0.29) is 0 Å². The molecule has 24 heavy (non-hydrogen) atoms. The lowest BCUT2D eigenvalue weighted by Gasteiger charge is -2.31. The second kappa shape index (κ2) is 5.87. The molecule has 128 valence electrons. The van der Waals surface area contributed by atoms with Crippen LogP contribution in [0.2, 0.25) is 0 Å². The number of carbonyl (C=O) groups is 2. The van der Waals surface area contributed by atoms with Crippen LogP contribution in [0.3, 0.4) is 0 Å². The molecule has 0 radical (unpaired) electrons. The van der Waals surface area contributed by atoms with Gasteiger partial charge in [-0.3, -0.25) is 0 Å². The Kier molecular flexibility index (Phi) is 4.24. The number of hydrogen-bond acceptors (Lipinski definition) is 9. The molecule has 1 heterocycles. The second-order valence-electron chi connectivity index (χ2n) is 5.20. The van der Waals surface area contributed by atoms with Crippen molar-refractivity contribution in [1.82, 2.24) is 0 Å². The third kappa shape index (κ3) is 2.66. The van der Waals surface area contributed by atoms with Gasteiger partial charge >= 0.3 is 11.9 Å². The third-order valence-corrected chi connectivity index (χ3v) is 3.51. The summed E-state index contributed by atoms with van der Waals surface area (Å²) in [5.41, 5.74) is -1.49. The molecule has 0 saturated carbocycles. The van der Waals surface area contributed by atoms with Crippen molar-refractivity contribution in [2.24, 2.45) is 0 Å². The maximum Gasteiger partial charge on any atom is 0.346 e. The monoisotopic (exact) mass is 338 g/mol. The van der Waals surface area contributed by atoms with Crippen LogP contribution in [0.5, 0.6) is 0 Å². The fraction of sp³-hybridized carbons (Fsp3) is 0.200. The lowest BCUT2D eigenvalue weighted by atomic mass is 9.89. The molecule has 1 aromatic rings. The Morgan fingerprint density at radius 1 is 0.958 bits per heavy atom. The first-order chi connectivity index (χ1) is 11.1. The average Bonchev–Trinajstić information content (AvgIpc) is 2.85. The predicted octanol–water partition coefficient (Wildman–Crippen LogP) is 0.764. The largest absolute Gasteiger partial charge is 0.506 e. The van der Waals surface area contributed by atoms with Gasteiger partial charge in [0, 0.05) is 0 Å². The maximum atomic E-state index is 10.8. The van der Waals surface area contributed by atoms with E-state index in [9.17, 15) is 14.7 Å². The molecule has 6 N–H and O–H groups in total. The minimum atomic E-state index is -2.21. The molecule has 2 unspecified atom stereocenters. The molecule has 3 rings (SSSR count). The molecule has 0 saturated heterocycles. The third-order valence-electron chi connectivity index (χ3n) is 3.51. The van der Waals surface area contributed by atoms with Crippen LogP contribution in [-0.4, -0.2) is 54.3 Å². The van der Waals surface area contributed by atoms with E-state index in [0.717, 1.165) is 6.92 Å². The molecule has 0 bridgehead atoms. The van der Waals surface area contributed by atoms with Gasteiger partial charge in [-0.1, -0.05) is 12.1 Å². The molecule has 9 nitrogen and oxygen atoms in total. The molecular weight excluding hydrogens is 324 g/mol. The van der Waals surface area contributed by atoms with Crippen molar-refractivity contribution in [2.75, 3.05) is 0 Å². The highest BCUT2D eigenvalue weighted by molar-refractivity contribution is 6.14. The highest BCUT2D eigenvalue weighted by atomic mass is 16.6. The SMILES string of the molecule is CC1(O)C(O)=C(O)C(O)=C(O)C1O.O=C1OC(=O)c2ccccc21. The fourth-order valence-corrected chi connectivity index (χ4v) is 2.03. The summed E-state index contributed by atoms with van der Waals surface area (Å²) in [7, 11) is 0. The van der Waals surface area contributed by atoms with Gasteiger partial charge in [-0.05, 0) is 19.1 Å². The van der Waals surface area contributed by atoms with Crippen LogP contribution in [0.25, 0.3) is 0 Å². The minimum Gasteiger partial charge on any atom is -0.506 e. The summed E-state index contributed by atoms with van der Waals surface area (Å²) >= 11 is 0. The average molecular weight is 338 g/mol. The molecule has 9 heteroatoms. The molecule has 0 spiro atoms.